The standard InChI is InChI=1S/C14H26N2O2/c1-10(2)18-12-7-5-11(6-8-12)16-14(17)13-4-3-9-15-13/h10-13,15H,3-9H2,1-2H3,(H,16,17)/t11?,12?,13-/m1/s1. The first-order valence-electron chi connectivity index (χ1n) is 7.34. The average molecular weight is 254 g/mol. The maximum Gasteiger partial charge on any atom is 0.237 e. The van der Waals surface area contributed by atoms with Crippen molar-refractivity contribution in [3.63, 3.8) is 0 Å². The Labute approximate surface area is 110 Å². The van der Waals surface area contributed by atoms with E-state index in [9.17, 15) is 4.79 Å². The summed E-state index contributed by atoms with van der Waals surface area (Å²) >= 11 is 0. The van der Waals surface area contributed by atoms with Crippen LogP contribution in [-0.4, -0.2) is 36.7 Å². The largest absolute Gasteiger partial charge is 0.376 e. The zero-order valence-electron chi connectivity index (χ0n) is 11.6. The van der Waals surface area contributed by atoms with Crippen LogP contribution in [0.15, 0.2) is 0 Å². The van der Waals surface area contributed by atoms with Crippen LogP contribution in [0, 0.1) is 0 Å². The summed E-state index contributed by atoms with van der Waals surface area (Å²) in [6, 6.07) is 0.404. The van der Waals surface area contributed by atoms with Crippen molar-refractivity contribution >= 4 is 5.91 Å². The van der Waals surface area contributed by atoms with E-state index < -0.39 is 0 Å². The first kappa shape index (κ1) is 13.8. The monoisotopic (exact) mass is 254 g/mol. The minimum atomic E-state index is 0.0506. The average Bonchev–Trinajstić information content (AvgIpc) is 2.84. The molecule has 4 nitrogen and oxygen atoms in total. The minimum Gasteiger partial charge on any atom is -0.376 e. The van der Waals surface area contributed by atoms with E-state index in [2.05, 4.69) is 24.5 Å². The Bertz CT molecular complexity index is 267. The highest BCUT2D eigenvalue weighted by Crippen LogP contribution is 2.22. The molecule has 0 aromatic heterocycles. The fraction of sp³-hybridized carbons (Fsp3) is 0.929. The molecule has 4 heteroatoms. The molecule has 0 aromatic carbocycles. The van der Waals surface area contributed by atoms with Crippen molar-refractivity contribution in [3.05, 3.63) is 0 Å². The lowest BCUT2D eigenvalue weighted by Gasteiger charge is -2.30. The van der Waals surface area contributed by atoms with Gasteiger partial charge in [-0.3, -0.25) is 4.79 Å². The van der Waals surface area contributed by atoms with E-state index in [4.69, 9.17) is 4.74 Å². The zero-order chi connectivity index (χ0) is 13.0. The predicted octanol–water partition coefficient (Wildman–Crippen LogP) is 1.59. The van der Waals surface area contributed by atoms with Gasteiger partial charge in [0.05, 0.1) is 18.2 Å². The molecule has 0 radical (unpaired) electrons. The summed E-state index contributed by atoms with van der Waals surface area (Å²) in [5.41, 5.74) is 0. The fourth-order valence-electron chi connectivity index (χ4n) is 2.94. The van der Waals surface area contributed by atoms with Gasteiger partial charge in [-0.15, -0.1) is 0 Å². The first-order valence-corrected chi connectivity index (χ1v) is 7.34. The van der Waals surface area contributed by atoms with Gasteiger partial charge in [-0.25, -0.2) is 0 Å². The third kappa shape index (κ3) is 3.95. The lowest BCUT2D eigenvalue weighted by atomic mass is 9.92. The fourth-order valence-corrected chi connectivity index (χ4v) is 2.94. The van der Waals surface area contributed by atoms with Crippen molar-refractivity contribution in [3.8, 4) is 0 Å². The van der Waals surface area contributed by atoms with Crippen LogP contribution in [0.4, 0.5) is 0 Å². The maximum atomic E-state index is 12.0. The first-order chi connectivity index (χ1) is 8.65. The normalized spacial score (nSPS) is 32.7. The van der Waals surface area contributed by atoms with Crippen molar-refractivity contribution in [1.29, 1.82) is 0 Å². The quantitative estimate of drug-likeness (QED) is 0.801. The number of carbonyl (C=O) groups excluding carboxylic acids is 1. The Hall–Kier alpha value is -0.610. The Morgan fingerprint density at radius 2 is 1.94 bits per heavy atom. The van der Waals surface area contributed by atoms with Crippen molar-refractivity contribution < 1.29 is 9.53 Å². The summed E-state index contributed by atoms with van der Waals surface area (Å²) < 4.78 is 5.82. The molecule has 0 bridgehead atoms. The van der Waals surface area contributed by atoms with Crippen molar-refractivity contribution in [2.45, 2.75) is 76.7 Å². The van der Waals surface area contributed by atoms with E-state index in [1.807, 2.05) is 0 Å². The van der Waals surface area contributed by atoms with E-state index in [-0.39, 0.29) is 11.9 Å². The summed E-state index contributed by atoms with van der Waals surface area (Å²) in [7, 11) is 0. The van der Waals surface area contributed by atoms with Crippen LogP contribution in [0.3, 0.4) is 0 Å². The van der Waals surface area contributed by atoms with Gasteiger partial charge in [0.2, 0.25) is 5.91 Å². The van der Waals surface area contributed by atoms with E-state index in [0.717, 1.165) is 45.1 Å². The van der Waals surface area contributed by atoms with Crippen LogP contribution in [0.5, 0.6) is 0 Å². The number of nitrogens with one attached hydrogen (secondary N) is 2. The van der Waals surface area contributed by atoms with E-state index in [1.165, 1.54) is 0 Å². The Balaban J connectivity index is 1.68. The second kappa shape index (κ2) is 6.53. The highest BCUT2D eigenvalue weighted by molar-refractivity contribution is 5.82. The van der Waals surface area contributed by atoms with Gasteiger partial charge in [-0.2, -0.15) is 0 Å². The molecule has 1 atom stereocenters. The summed E-state index contributed by atoms with van der Waals surface area (Å²) in [4.78, 5) is 12.0. The van der Waals surface area contributed by atoms with Gasteiger partial charge in [-0.05, 0) is 58.9 Å². The summed E-state index contributed by atoms with van der Waals surface area (Å²) in [6.45, 7) is 5.15. The van der Waals surface area contributed by atoms with Crippen LogP contribution >= 0.6 is 0 Å². The van der Waals surface area contributed by atoms with Gasteiger partial charge in [0.1, 0.15) is 0 Å². The molecule has 2 rings (SSSR count). The SMILES string of the molecule is CC(C)OC1CCC(NC(=O)[C@H]2CCCN2)CC1. The highest BCUT2D eigenvalue weighted by atomic mass is 16.5. The number of hydrogen-bond donors (Lipinski definition) is 2. The number of rotatable bonds is 4. The van der Waals surface area contributed by atoms with Gasteiger partial charge in [0, 0.05) is 6.04 Å². The summed E-state index contributed by atoms with van der Waals surface area (Å²) in [6.07, 6.45) is 7.05. The molecule has 1 amide bonds. The van der Waals surface area contributed by atoms with Gasteiger partial charge >= 0.3 is 0 Å². The molecule has 2 fully saturated rings. The number of carbonyl (C=O) groups is 1. The van der Waals surface area contributed by atoms with Crippen LogP contribution in [0.25, 0.3) is 0 Å². The highest BCUT2D eigenvalue weighted by Gasteiger charge is 2.27. The molecule has 104 valence electrons. The molecule has 1 heterocycles. The topological polar surface area (TPSA) is 50.4 Å². The predicted molar refractivity (Wildman–Crippen MR) is 71.4 cm³/mol. The number of ether oxygens (including phenoxy) is 1. The van der Waals surface area contributed by atoms with Gasteiger partial charge in [0.15, 0.2) is 0 Å². The lowest BCUT2D eigenvalue weighted by molar-refractivity contribution is -0.124. The Morgan fingerprint density at radius 3 is 2.50 bits per heavy atom. The van der Waals surface area contributed by atoms with Crippen LogP contribution in [0.2, 0.25) is 0 Å². The molecule has 0 aromatic rings. The maximum absolute atomic E-state index is 12.0. The number of amides is 1. The molecule has 2 N–H and O–H groups in total. The van der Waals surface area contributed by atoms with Crippen LogP contribution in [-0.2, 0) is 9.53 Å². The third-order valence-electron chi connectivity index (χ3n) is 3.86. The van der Waals surface area contributed by atoms with Crippen molar-refractivity contribution in [2.75, 3.05) is 6.54 Å². The number of hydrogen-bond acceptors (Lipinski definition) is 3. The van der Waals surface area contributed by atoms with Crippen molar-refractivity contribution in [2.24, 2.45) is 0 Å². The second-order valence-electron chi connectivity index (χ2n) is 5.82. The molecule has 1 saturated carbocycles. The lowest BCUT2D eigenvalue weighted by Crippen LogP contribution is -2.46. The van der Waals surface area contributed by atoms with Gasteiger partial charge in [-0.1, -0.05) is 0 Å². The summed E-state index contributed by atoms with van der Waals surface area (Å²) in [5, 5.41) is 6.42. The second-order valence-corrected chi connectivity index (χ2v) is 5.82. The molecule has 2 aliphatic rings. The molecule has 18 heavy (non-hydrogen) atoms. The molecular formula is C14H26N2O2. The molecule has 0 spiro atoms. The molecular weight excluding hydrogens is 228 g/mol. The third-order valence-corrected chi connectivity index (χ3v) is 3.86. The van der Waals surface area contributed by atoms with Crippen molar-refractivity contribution in [1.82, 2.24) is 10.6 Å². The van der Waals surface area contributed by atoms with E-state index >= 15 is 0 Å². The molecule has 1 aliphatic carbocycles. The van der Waals surface area contributed by atoms with Crippen LogP contribution < -0.4 is 10.6 Å². The Morgan fingerprint density at radius 1 is 1.22 bits per heavy atom. The minimum absolute atomic E-state index is 0.0506. The molecule has 0 unspecified atom stereocenters. The van der Waals surface area contributed by atoms with Crippen LogP contribution in [0.1, 0.15) is 52.4 Å². The molecule has 1 saturated heterocycles. The van der Waals surface area contributed by atoms with Gasteiger partial charge in [0.25, 0.3) is 0 Å². The van der Waals surface area contributed by atoms with Gasteiger partial charge < -0.3 is 15.4 Å². The summed E-state index contributed by atoms with van der Waals surface area (Å²) in [5.74, 6) is 0.195. The zero-order valence-corrected chi connectivity index (χ0v) is 11.6. The Kier molecular flexibility index (Phi) is 5.01. The molecule has 1 aliphatic heterocycles. The van der Waals surface area contributed by atoms with E-state index in [0.29, 0.717) is 18.2 Å². The smallest absolute Gasteiger partial charge is 0.237 e. The van der Waals surface area contributed by atoms with E-state index in [1.54, 1.807) is 0 Å².